The lowest BCUT2D eigenvalue weighted by molar-refractivity contribution is 0.102. The summed E-state index contributed by atoms with van der Waals surface area (Å²) in [7, 11) is 3.10. The lowest BCUT2D eigenvalue weighted by atomic mass is 10.1. The van der Waals surface area contributed by atoms with E-state index in [0.717, 1.165) is 4.90 Å². The average molecular weight is 423 g/mol. The molecule has 0 saturated carbocycles. The van der Waals surface area contributed by atoms with Gasteiger partial charge in [0.15, 0.2) is 0 Å². The topological polar surface area (TPSA) is 76.7 Å². The molecule has 0 radical (unpaired) electrons. The molecular formula is C23H22N2O4S. The van der Waals surface area contributed by atoms with Crippen LogP contribution in [0, 0.1) is 0 Å². The van der Waals surface area contributed by atoms with Crippen LogP contribution in [0.5, 0.6) is 11.5 Å². The first kappa shape index (κ1) is 21.3. The van der Waals surface area contributed by atoms with E-state index in [1.165, 1.54) is 7.11 Å². The molecule has 30 heavy (non-hydrogen) atoms. The number of nitrogens with one attached hydrogen (secondary N) is 2. The Bertz CT molecular complexity index is 1050. The highest BCUT2D eigenvalue weighted by atomic mass is 32.2. The molecule has 0 fully saturated rings. The third-order valence-electron chi connectivity index (χ3n) is 4.42. The van der Waals surface area contributed by atoms with Crippen molar-refractivity contribution in [3.63, 3.8) is 0 Å². The summed E-state index contributed by atoms with van der Waals surface area (Å²) in [5, 5.41) is 5.64. The number of carbonyl (C=O) groups excluding carboxylic acids is 2. The normalized spacial score (nSPS) is 10.2. The van der Waals surface area contributed by atoms with Crippen LogP contribution in [0.25, 0.3) is 0 Å². The van der Waals surface area contributed by atoms with Gasteiger partial charge in [-0.25, -0.2) is 0 Å². The number of thioether (sulfide) groups is 1. The molecule has 0 saturated heterocycles. The second-order valence-electron chi connectivity index (χ2n) is 6.25. The summed E-state index contributed by atoms with van der Waals surface area (Å²) < 4.78 is 10.5. The highest BCUT2D eigenvalue weighted by Crippen LogP contribution is 2.27. The molecule has 6 nitrogen and oxygen atoms in total. The van der Waals surface area contributed by atoms with Crippen LogP contribution in [0.15, 0.2) is 71.6 Å². The molecule has 3 aromatic carbocycles. The summed E-state index contributed by atoms with van der Waals surface area (Å²) in [5.74, 6) is 0.478. The second-order valence-corrected chi connectivity index (χ2v) is 7.13. The fourth-order valence-electron chi connectivity index (χ4n) is 2.84. The van der Waals surface area contributed by atoms with Gasteiger partial charge >= 0.3 is 0 Å². The molecule has 0 unspecified atom stereocenters. The number of hydrogen-bond donors (Lipinski definition) is 2. The van der Waals surface area contributed by atoms with Crippen molar-refractivity contribution in [2.75, 3.05) is 31.1 Å². The van der Waals surface area contributed by atoms with Gasteiger partial charge in [0, 0.05) is 10.6 Å². The molecule has 2 N–H and O–H groups in total. The third kappa shape index (κ3) is 4.93. The number of para-hydroxylation sites is 1. The third-order valence-corrected chi connectivity index (χ3v) is 5.15. The smallest absolute Gasteiger partial charge is 0.259 e. The number of ether oxygens (including phenoxy) is 2. The van der Waals surface area contributed by atoms with Crippen molar-refractivity contribution in [3.8, 4) is 11.5 Å². The fourth-order valence-corrected chi connectivity index (χ4v) is 3.27. The monoisotopic (exact) mass is 422 g/mol. The van der Waals surface area contributed by atoms with Gasteiger partial charge in [0.2, 0.25) is 0 Å². The molecular weight excluding hydrogens is 400 g/mol. The predicted molar refractivity (Wildman–Crippen MR) is 120 cm³/mol. The molecule has 0 spiro atoms. The number of benzene rings is 3. The number of anilines is 2. The zero-order valence-electron chi connectivity index (χ0n) is 16.9. The summed E-state index contributed by atoms with van der Waals surface area (Å²) in [6, 6.07) is 19.2. The predicted octanol–water partition coefficient (Wildman–Crippen LogP) is 4.93. The molecule has 0 bridgehead atoms. The number of rotatable bonds is 7. The van der Waals surface area contributed by atoms with Crippen molar-refractivity contribution in [3.05, 3.63) is 77.9 Å². The zero-order valence-corrected chi connectivity index (χ0v) is 17.7. The Kier molecular flexibility index (Phi) is 6.98. The summed E-state index contributed by atoms with van der Waals surface area (Å²) in [6.07, 6.45) is 1.95. The summed E-state index contributed by atoms with van der Waals surface area (Å²) in [6.45, 7) is 0. The van der Waals surface area contributed by atoms with Crippen molar-refractivity contribution < 1.29 is 19.1 Å². The van der Waals surface area contributed by atoms with Crippen molar-refractivity contribution in [2.45, 2.75) is 4.90 Å². The van der Waals surface area contributed by atoms with Crippen LogP contribution in [0.1, 0.15) is 20.7 Å². The highest BCUT2D eigenvalue weighted by molar-refractivity contribution is 7.98. The Labute approximate surface area is 179 Å². The van der Waals surface area contributed by atoms with Crippen molar-refractivity contribution >= 4 is 35.0 Å². The van der Waals surface area contributed by atoms with Gasteiger partial charge in [-0.3, -0.25) is 9.59 Å². The summed E-state index contributed by atoms with van der Waals surface area (Å²) >= 11 is 1.56. The van der Waals surface area contributed by atoms with Gasteiger partial charge in [-0.2, -0.15) is 0 Å². The first-order valence-electron chi connectivity index (χ1n) is 9.13. The van der Waals surface area contributed by atoms with Crippen LogP contribution in [0.2, 0.25) is 0 Å². The highest BCUT2D eigenvalue weighted by Gasteiger charge is 2.17. The van der Waals surface area contributed by atoms with Gasteiger partial charge in [0.1, 0.15) is 11.5 Å². The number of amides is 2. The molecule has 154 valence electrons. The lowest BCUT2D eigenvalue weighted by Gasteiger charge is -2.13. The first-order chi connectivity index (χ1) is 14.5. The van der Waals surface area contributed by atoms with Gasteiger partial charge in [-0.1, -0.05) is 12.1 Å². The van der Waals surface area contributed by atoms with Gasteiger partial charge in [0.25, 0.3) is 11.8 Å². The summed E-state index contributed by atoms with van der Waals surface area (Å²) in [4.78, 5) is 26.6. The molecule has 7 heteroatoms. The van der Waals surface area contributed by atoms with E-state index in [1.807, 2.05) is 18.4 Å². The number of hydrogen-bond acceptors (Lipinski definition) is 5. The van der Waals surface area contributed by atoms with Gasteiger partial charge in [-0.15, -0.1) is 11.8 Å². The maximum Gasteiger partial charge on any atom is 0.259 e. The Balaban J connectivity index is 1.81. The maximum atomic E-state index is 12.9. The first-order valence-corrected chi connectivity index (χ1v) is 10.4. The van der Waals surface area contributed by atoms with E-state index in [0.29, 0.717) is 34.0 Å². The van der Waals surface area contributed by atoms with Gasteiger partial charge in [0.05, 0.1) is 31.0 Å². The van der Waals surface area contributed by atoms with Crippen molar-refractivity contribution in [2.24, 2.45) is 0 Å². The minimum Gasteiger partial charge on any atom is -0.497 e. The molecule has 3 aromatic rings. The molecule has 3 rings (SSSR count). The minimum absolute atomic E-state index is 0.333. The van der Waals surface area contributed by atoms with Crippen LogP contribution >= 0.6 is 11.8 Å². The standard InChI is InChI=1S/C23H22N2O4S/c1-28-16-10-8-15(9-11-16)24-22(26)18-6-4-5-7-20(18)25-23(27)19-13-12-17(30-3)14-21(19)29-2/h4-14H,1-3H3,(H,24,26)(H,25,27). The molecule has 2 amide bonds. The quantitative estimate of drug-likeness (QED) is 0.528. The zero-order chi connectivity index (χ0) is 21.5. The maximum absolute atomic E-state index is 12.9. The van der Waals surface area contributed by atoms with Crippen LogP contribution in [-0.2, 0) is 0 Å². The molecule has 0 aliphatic rings. The molecule has 0 aliphatic carbocycles. The van der Waals surface area contributed by atoms with Crippen LogP contribution in [0.4, 0.5) is 11.4 Å². The molecule has 0 aromatic heterocycles. The van der Waals surface area contributed by atoms with E-state index in [-0.39, 0.29) is 11.8 Å². The molecule has 0 heterocycles. The molecule has 0 atom stereocenters. The van der Waals surface area contributed by atoms with Crippen LogP contribution in [0.3, 0.4) is 0 Å². The number of carbonyl (C=O) groups is 2. The van der Waals surface area contributed by atoms with E-state index < -0.39 is 0 Å². The van der Waals surface area contributed by atoms with E-state index >= 15 is 0 Å². The largest absolute Gasteiger partial charge is 0.497 e. The minimum atomic E-state index is -0.357. The lowest BCUT2D eigenvalue weighted by Crippen LogP contribution is -2.18. The van der Waals surface area contributed by atoms with Crippen molar-refractivity contribution in [1.82, 2.24) is 0 Å². The van der Waals surface area contributed by atoms with Crippen LogP contribution < -0.4 is 20.1 Å². The van der Waals surface area contributed by atoms with E-state index in [9.17, 15) is 9.59 Å². The Hall–Kier alpha value is -3.45. The Morgan fingerprint density at radius 1 is 0.800 bits per heavy atom. The second kappa shape index (κ2) is 9.84. The average Bonchev–Trinajstić information content (AvgIpc) is 2.79. The van der Waals surface area contributed by atoms with Crippen molar-refractivity contribution in [1.29, 1.82) is 0 Å². The van der Waals surface area contributed by atoms with E-state index in [1.54, 1.807) is 73.5 Å². The van der Waals surface area contributed by atoms with E-state index in [2.05, 4.69) is 10.6 Å². The molecule has 0 aliphatic heterocycles. The SMILES string of the molecule is COc1ccc(NC(=O)c2ccccc2NC(=O)c2ccc(SC)cc2OC)cc1. The van der Waals surface area contributed by atoms with E-state index in [4.69, 9.17) is 9.47 Å². The Morgan fingerprint density at radius 2 is 1.50 bits per heavy atom. The summed E-state index contributed by atoms with van der Waals surface area (Å²) in [5.41, 5.74) is 1.77. The van der Waals surface area contributed by atoms with Gasteiger partial charge in [-0.05, 0) is 60.9 Å². The van der Waals surface area contributed by atoms with Crippen LogP contribution in [-0.4, -0.2) is 32.3 Å². The fraction of sp³-hybridized carbons (Fsp3) is 0.130. The Morgan fingerprint density at radius 3 is 2.17 bits per heavy atom. The van der Waals surface area contributed by atoms with Gasteiger partial charge < -0.3 is 20.1 Å². The number of methoxy groups -OCH3 is 2.